The largest absolute Gasteiger partial charge is 0.386 e. The van der Waals surface area contributed by atoms with Crippen molar-refractivity contribution in [3.05, 3.63) is 68.0 Å². The van der Waals surface area contributed by atoms with E-state index in [1.165, 1.54) is 15.7 Å². The average molecular weight is 486 g/mol. The summed E-state index contributed by atoms with van der Waals surface area (Å²) in [6.07, 6.45) is 2.11. The predicted molar refractivity (Wildman–Crippen MR) is 126 cm³/mol. The molecule has 10 heteroatoms. The number of benzene rings is 1. The van der Waals surface area contributed by atoms with Gasteiger partial charge in [-0.25, -0.2) is 4.79 Å². The second kappa shape index (κ2) is 10.7. The minimum atomic E-state index is -1.06. The van der Waals surface area contributed by atoms with Gasteiger partial charge in [0.15, 0.2) is 6.23 Å². The van der Waals surface area contributed by atoms with Crippen LogP contribution in [0.1, 0.15) is 71.5 Å². The number of aliphatic hydroxyl groups is 1. The van der Waals surface area contributed by atoms with E-state index in [9.17, 15) is 24.3 Å². The fraction of sp³-hybridized carbons (Fsp3) is 0.520. The van der Waals surface area contributed by atoms with Crippen LogP contribution in [0.2, 0.25) is 0 Å². The number of aliphatic hydroxyl groups excluding tert-OH is 1. The zero-order valence-electron chi connectivity index (χ0n) is 19.9. The lowest BCUT2D eigenvalue weighted by atomic mass is 10.1. The number of nitrogens with zero attached hydrogens (tertiary/aromatic N) is 2. The summed E-state index contributed by atoms with van der Waals surface area (Å²) in [5, 5.41) is 10.8. The van der Waals surface area contributed by atoms with Gasteiger partial charge in [0.2, 0.25) is 0 Å². The van der Waals surface area contributed by atoms with Crippen LogP contribution in [0.3, 0.4) is 0 Å². The number of rotatable bonds is 10. The highest BCUT2D eigenvalue weighted by molar-refractivity contribution is 6.21. The number of nitrogens with one attached hydrogen (secondary N) is 1. The number of fused-ring (bicyclic) bond motifs is 1. The molecule has 0 spiro atoms. The number of ether oxygens (including phenoxy) is 2. The highest BCUT2D eigenvalue weighted by atomic mass is 16.6. The van der Waals surface area contributed by atoms with E-state index in [0.717, 1.165) is 19.3 Å². The molecule has 35 heavy (non-hydrogen) atoms. The van der Waals surface area contributed by atoms with Crippen LogP contribution in [0.4, 0.5) is 0 Å². The first-order valence-corrected chi connectivity index (χ1v) is 12.1. The topological polar surface area (TPSA) is 131 Å². The van der Waals surface area contributed by atoms with Gasteiger partial charge in [0.05, 0.1) is 17.2 Å². The number of hydrogen-bond donors (Lipinski definition) is 2. The van der Waals surface area contributed by atoms with E-state index in [-0.39, 0.29) is 17.9 Å². The molecule has 3 heterocycles. The van der Waals surface area contributed by atoms with Crippen LogP contribution in [0.15, 0.2) is 40.1 Å². The molecule has 1 fully saturated rings. The molecule has 1 unspecified atom stereocenters. The number of imide groups is 1. The van der Waals surface area contributed by atoms with Crippen LogP contribution in [0.5, 0.6) is 0 Å². The Labute approximate surface area is 202 Å². The van der Waals surface area contributed by atoms with Gasteiger partial charge in [-0.15, -0.1) is 0 Å². The van der Waals surface area contributed by atoms with Gasteiger partial charge in [-0.2, -0.15) is 0 Å². The van der Waals surface area contributed by atoms with Gasteiger partial charge >= 0.3 is 5.69 Å². The molecule has 2 amide bonds. The Morgan fingerprint density at radius 2 is 1.69 bits per heavy atom. The summed E-state index contributed by atoms with van der Waals surface area (Å²) in [6.45, 7) is 4.28. The van der Waals surface area contributed by atoms with E-state index in [0.29, 0.717) is 42.7 Å². The molecule has 1 aromatic carbocycles. The van der Waals surface area contributed by atoms with Crippen molar-refractivity contribution in [1.82, 2.24) is 14.5 Å². The lowest BCUT2D eigenvalue weighted by Crippen LogP contribution is -2.39. The quantitative estimate of drug-likeness (QED) is 0.387. The van der Waals surface area contributed by atoms with Gasteiger partial charge in [-0.05, 0) is 38.3 Å². The van der Waals surface area contributed by atoms with Crippen LogP contribution >= 0.6 is 0 Å². The summed E-state index contributed by atoms with van der Waals surface area (Å²) >= 11 is 0. The van der Waals surface area contributed by atoms with Crippen molar-refractivity contribution < 1.29 is 24.2 Å². The maximum atomic E-state index is 12.4. The van der Waals surface area contributed by atoms with Gasteiger partial charge in [0.25, 0.3) is 17.4 Å². The molecule has 10 nitrogen and oxygen atoms in total. The van der Waals surface area contributed by atoms with Crippen molar-refractivity contribution in [1.29, 1.82) is 0 Å². The molecular formula is C25H31N3O7. The Morgan fingerprint density at radius 1 is 1.03 bits per heavy atom. The Balaban J connectivity index is 1.22. The van der Waals surface area contributed by atoms with Crippen molar-refractivity contribution in [3.8, 4) is 0 Å². The number of H-pyrrole nitrogens is 1. The Bertz CT molecular complexity index is 1170. The van der Waals surface area contributed by atoms with Crippen LogP contribution in [-0.4, -0.2) is 62.8 Å². The number of carbonyl (C=O) groups excluding carboxylic acids is 2. The molecule has 4 rings (SSSR count). The minimum absolute atomic E-state index is 0.235. The second-order valence-electron chi connectivity index (χ2n) is 9.00. The van der Waals surface area contributed by atoms with Gasteiger partial charge in [-0.1, -0.05) is 31.9 Å². The molecule has 4 atom stereocenters. The maximum Gasteiger partial charge on any atom is 0.330 e. The van der Waals surface area contributed by atoms with E-state index < -0.39 is 29.7 Å². The van der Waals surface area contributed by atoms with Crippen LogP contribution in [0.25, 0.3) is 0 Å². The standard InChI is InChI=1S/C25H31N3O7/c1-3-18-20(19(29)24(35-18)28-14-15(2)21(30)26-25(28)33)34-13-9-5-4-8-12-27-22(31)16-10-6-7-11-17(16)23(27)32/h6-7,10-11,14,18-20,24,29H,3-5,8-9,12-13H2,1-2H3,(H,26,30,33)/t18-,19+,20?,24-/m1/s1. The Hall–Kier alpha value is -3.08. The molecule has 2 aromatic rings. The van der Waals surface area contributed by atoms with E-state index in [1.54, 1.807) is 31.2 Å². The predicted octanol–water partition coefficient (Wildman–Crippen LogP) is 1.76. The molecule has 0 aliphatic carbocycles. The summed E-state index contributed by atoms with van der Waals surface area (Å²) in [4.78, 5) is 52.2. The summed E-state index contributed by atoms with van der Waals surface area (Å²) in [5.74, 6) is -0.470. The summed E-state index contributed by atoms with van der Waals surface area (Å²) in [6, 6.07) is 6.86. The second-order valence-corrected chi connectivity index (χ2v) is 9.00. The zero-order valence-corrected chi connectivity index (χ0v) is 19.9. The summed E-state index contributed by atoms with van der Waals surface area (Å²) in [5.41, 5.74) is 0.163. The number of aromatic amines is 1. The summed E-state index contributed by atoms with van der Waals surface area (Å²) in [7, 11) is 0. The fourth-order valence-corrected chi connectivity index (χ4v) is 4.65. The number of aromatic nitrogens is 2. The van der Waals surface area contributed by atoms with Crippen LogP contribution in [-0.2, 0) is 9.47 Å². The summed E-state index contributed by atoms with van der Waals surface area (Å²) < 4.78 is 13.0. The van der Waals surface area contributed by atoms with Gasteiger partial charge < -0.3 is 14.6 Å². The van der Waals surface area contributed by atoms with Crippen LogP contribution < -0.4 is 11.2 Å². The van der Waals surface area contributed by atoms with Gasteiger partial charge in [-0.3, -0.25) is 28.8 Å². The van der Waals surface area contributed by atoms with Crippen molar-refractivity contribution >= 4 is 11.8 Å². The molecular weight excluding hydrogens is 454 g/mol. The SMILES string of the molecule is CC[C@H]1O[C@@H](n2cc(C)c(=O)[nH]c2=O)[C@@H](O)C1OCCCCCCN1C(=O)c2ccccc2C1=O. The highest BCUT2D eigenvalue weighted by Gasteiger charge is 2.45. The van der Waals surface area contributed by atoms with Crippen LogP contribution in [0, 0.1) is 6.92 Å². The number of hydrogen-bond acceptors (Lipinski definition) is 7. The molecule has 2 aliphatic rings. The van der Waals surface area contributed by atoms with E-state index in [1.807, 2.05) is 6.92 Å². The van der Waals surface area contributed by atoms with Gasteiger partial charge in [0, 0.05) is 24.9 Å². The highest BCUT2D eigenvalue weighted by Crippen LogP contribution is 2.32. The van der Waals surface area contributed by atoms with Crippen molar-refractivity contribution in [2.45, 2.75) is 70.5 Å². The molecule has 0 saturated carbocycles. The van der Waals surface area contributed by atoms with E-state index in [2.05, 4.69) is 4.98 Å². The van der Waals surface area contributed by atoms with Crippen molar-refractivity contribution in [2.75, 3.05) is 13.2 Å². The Kier molecular flexibility index (Phi) is 7.63. The minimum Gasteiger partial charge on any atom is -0.386 e. The first kappa shape index (κ1) is 25.0. The first-order chi connectivity index (χ1) is 16.8. The molecule has 2 N–H and O–H groups in total. The maximum absolute atomic E-state index is 12.4. The van der Waals surface area contributed by atoms with Crippen molar-refractivity contribution in [2.24, 2.45) is 0 Å². The lowest BCUT2D eigenvalue weighted by molar-refractivity contribution is -0.0413. The molecule has 0 bridgehead atoms. The fourth-order valence-electron chi connectivity index (χ4n) is 4.65. The molecule has 2 aliphatic heterocycles. The third-order valence-corrected chi connectivity index (χ3v) is 6.60. The van der Waals surface area contributed by atoms with E-state index in [4.69, 9.17) is 9.47 Å². The molecule has 1 aromatic heterocycles. The smallest absolute Gasteiger partial charge is 0.330 e. The normalized spacial score (nSPS) is 23.8. The number of amides is 2. The monoisotopic (exact) mass is 485 g/mol. The third kappa shape index (κ3) is 5.00. The molecule has 0 radical (unpaired) electrons. The molecule has 188 valence electrons. The number of carbonyl (C=O) groups is 2. The van der Waals surface area contributed by atoms with Gasteiger partial charge in [0.1, 0.15) is 12.2 Å². The zero-order chi connectivity index (χ0) is 25.1. The number of unbranched alkanes of at least 4 members (excludes halogenated alkanes) is 3. The number of aryl methyl sites for hydroxylation is 1. The van der Waals surface area contributed by atoms with E-state index >= 15 is 0 Å². The first-order valence-electron chi connectivity index (χ1n) is 12.1. The molecule has 1 saturated heterocycles. The third-order valence-electron chi connectivity index (χ3n) is 6.60. The lowest BCUT2D eigenvalue weighted by Gasteiger charge is -2.20. The van der Waals surface area contributed by atoms with Crippen molar-refractivity contribution in [3.63, 3.8) is 0 Å². The average Bonchev–Trinajstić information content (AvgIpc) is 3.29. The Morgan fingerprint density at radius 3 is 2.34 bits per heavy atom.